The Kier molecular flexibility index (Phi) is 5.76. The molecule has 26 heavy (non-hydrogen) atoms. The maximum Gasteiger partial charge on any atom is 0.410 e. The number of hydrogen-bond donors (Lipinski definition) is 0. The molecule has 5 nitrogen and oxygen atoms in total. The molecule has 2 fully saturated rings. The van der Waals surface area contributed by atoms with Crippen LogP contribution in [0.5, 0.6) is 0 Å². The minimum atomic E-state index is -0.430. The van der Waals surface area contributed by atoms with Gasteiger partial charge in [0.2, 0.25) is 0 Å². The number of carbonyl (C=O) groups is 1. The molecule has 2 aliphatic heterocycles. The van der Waals surface area contributed by atoms with E-state index in [0.29, 0.717) is 0 Å². The van der Waals surface area contributed by atoms with Gasteiger partial charge in [-0.25, -0.2) is 4.79 Å². The first kappa shape index (κ1) is 19.0. The Labute approximate surface area is 157 Å². The normalized spacial score (nSPS) is 19.1. The van der Waals surface area contributed by atoms with Crippen molar-refractivity contribution in [2.45, 2.75) is 52.7 Å². The number of anilines is 1. The predicted molar refractivity (Wildman–Crippen MR) is 106 cm³/mol. The van der Waals surface area contributed by atoms with Crippen molar-refractivity contribution < 1.29 is 9.53 Å². The smallest absolute Gasteiger partial charge is 0.410 e. The molecule has 0 aliphatic carbocycles. The van der Waals surface area contributed by atoms with Gasteiger partial charge in [-0.05, 0) is 57.7 Å². The number of nitrogens with zero attached hydrogens (tertiary/aromatic N) is 3. The largest absolute Gasteiger partial charge is 0.444 e. The third kappa shape index (κ3) is 4.91. The van der Waals surface area contributed by atoms with Gasteiger partial charge in [-0.3, -0.25) is 4.90 Å². The lowest BCUT2D eigenvalue weighted by Gasteiger charge is -2.36. The summed E-state index contributed by atoms with van der Waals surface area (Å²) in [7, 11) is 0. The molecule has 0 bridgehead atoms. The summed E-state index contributed by atoms with van der Waals surface area (Å²) in [4.78, 5) is 19.0. The molecule has 1 amide bonds. The Morgan fingerprint density at radius 1 is 1.04 bits per heavy atom. The highest BCUT2D eigenvalue weighted by molar-refractivity contribution is 5.68. The summed E-state index contributed by atoms with van der Waals surface area (Å²) in [5.41, 5.74) is 3.70. The first-order valence-electron chi connectivity index (χ1n) is 9.86. The van der Waals surface area contributed by atoms with Gasteiger partial charge in [0.15, 0.2) is 0 Å². The fraction of sp³-hybridized carbons (Fsp3) is 0.667. The van der Waals surface area contributed by atoms with E-state index >= 15 is 0 Å². The highest BCUT2D eigenvalue weighted by Crippen LogP contribution is 2.27. The number of piperazine rings is 1. The molecule has 0 radical (unpaired) electrons. The predicted octanol–water partition coefficient (Wildman–Crippen LogP) is 3.65. The van der Waals surface area contributed by atoms with Crippen LogP contribution in [-0.2, 0) is 11.3 Å². The van der Waals surface area contributed by atoms with Crippen LogP contribution in [0, 0.1) is 6.92 Å². The Balaban J connectivity index is 1.59. The van der Waals surface area contributed by atoms with Gasteiger partial charge in [0.25, 0.3) is 0 Å². The molecule has 1 aromatic rings. The Hall–Kier alpha value is -1.75. The van der Waals surface area contributed by atoms with Gasteiger partial charge < -0.3 is 14.5 Å². The number of rotatable bonds is 3. The highest BCUT2D eigenvalue weighted by atomic mass is 16.6. The van der Waals surface area contributed by atoms with Crippen LogP contribution >= 0.6 is 0 Å². The van der Waals surface area contributed by atoms with Gasteiger partial charge in [0.05, 0.1) is 0 Å². The molecular formula is C21H33N3O2. The fourth-order valence-electron chi connectivity index (χ4n) is 3.72. The Morgan fingerprint density at radius 2 is 1.69 bits per heavy atom. The quantitative estimate of drug-likeness (QED) is 0.825. The van der Waals surface area contributed by atoms with Gasteiger partial charge in [0.1, 0.15) is 5.60 Å². The van der Waals surface area contributed by atoms with Gasteiger partial charge in [-0.15, -0.1) is 0 Å². The van der Waals surface area contributed by atoms with Crippen molar-refractivity contribution in [2.24, 2.45) is 0 Å². The third-order valence-electron chi connectivity index (χ3n) is 5.11. The molecule has 144 valence electrons. The van der Waals surface area contributed by atoms with E-state index in [0.717, 1.165) is 32.7 Å². The zero-order valence-corrected chi connectivity index (χ0v) is 16.8. The summed E-state index contributed by atoms with van der Waals surface area (Å²) >= 11 is 0. The zero-order chi connectivity index (χ0) is 18.7. The van der Waals surface area contributed by atoms with Crippen molar-refractivity contribution in [3.8, 4) is 0 Å². The second-order valence-corrected chi connectivity index (χ2v) is 8.57. The summed E-state index contributed by atoms with van der Waals surface area (Å²) in [5.74, 6) is 0. The van der Waals surface area contributed by atoms with Gasteiger partial charge in [-0.2, -0.15) is 0 Å². The van der Waals surface area contributed by atoms with E-state index in [1.165, 1.54) is 42.7 Å². The SMILES string of the molecule is Cc1ccc(CN2CCN(C(=O)OC(C)(C)C)CC2)c(N2CCCC2)c1. The first-order chi connectivity index (χ1) is 12.3. The van der Waals surface area contributed by atoms with Crippen LogP contribution in [0.2, 0.25) is 0 Å². The van der Waals surface area contributed by atoms with E-state index in [1.807, 2.05) is 25.7 Å². The lowest BCUT2D eigenvalue weighted by atomic mass is 10.1. The van der Waals surface area contributed by atoms with E-state index < -0.39 is 5.60 Å². The summed E-state index contributed by atoms with van der Waals surface area (Å²) < 4.78 is 5.49. The monoisotopic (exact) mass is 359 g/mol. The van der Waals surface area contributed by atoms with E-state index in [2.05, 4.69) is 34.9 Å². The van der Waals surface area contributed by atoms with Crippen LogP contribution in [0.4, 0.5) is 10.5 Å². The van der Waals surface area contributed by atoms with Crippen LogP contribution in [0.25, 0.3) is 0 Å². The van der Waals surface area contributed by atoms with Crippen molar-refractivity contribution in [3.63, 3.8) is 0 Å². The number of aryl methyl sites for hydroxylation is 1. The maximum atomic E-state index is 12.2. The summed E-state index contributed by atoms with van der Waals surface area (Å²) in [6, 6.07) is 6.83. The van der Waals surface area contributed by atoms with E-state index in [4.69, 9.17) is 4.74 Å². The van der Waals surface area contributed by atoms with Crippen LogP contribution in [0.1, 0.15) is 44.7 Å². The van der Waals surface area contributed by atoms with Crippen LogP contribution in [-0.4, -0.2) is 60.8 Å². The molecule has 0 N–H and O–H groups in total. The van der Waals surface area contributed by atoms with E-state index in [-0.39, 0.29) is 6.09 Å². The molecular weight excluding hydrogens is 326 g/mol. The number of amides is 1. The van der Waals surface area contributed by atoms with Crippen LogP contribution < -0.4 is 4.90 Å². The fourth-order valence-corrected chi connectivity index (χ4v) is 3.72. The van der Waals surface area contributed by atoms with Gasteiger partial charge in [-0.1, -0.05) is 12.1 Å². The molecule has 3 rings (SSSR count). The molecule has 2 aliphatic rings. The molecule has 1 aromatic carbocycles. The molecule has 0 unspecified atom stereocenters. The number of carbonyl (C=O) groups excluding carboxylic acids is 1. The van der Waals surface area contributed by atoms with Crippen molar-refractivity contribution >= 4 is 11.8 Å². The number of hydrogen-bond acceptors (Lipinski definition) is 4. The van der Waals surface area contributed by atoms with Crippen LogP contribution in [0.15, 0.2) is 18.2 Å². The van der Waals surface area contributed by atoms with Crippen LogP contribution in [0.3, 0.4) is 0 Å². The Bertz CT molecular complexity index is 625. The maximum absolute atomic E-state index is 12.2. The second kappa shape index (κ2) is 7.87. The molecule has 0 atom stereocenters. The topological polar surface area (TPSA) is 36.0 Å². The average molecular weight is 360 g/mol. The lowest BCUT2D eigenvalue weighted by Crippen LogP contribution is -2.49. The summed E-state index contributed by atoms with van der Waals surface area (Å²) in [6.07, 6.45) is 2.40. The van der Waals surface area contributed by atoms with Crippen molar-refractivity contribution in [1.82, 2.24) is 9.80 Å². The summed E-state index contributed by atoms with van der Waals surface area (Å²) in [5, 5.41) is 0. The lowest BCUT2D eigenvalue weighted by molar-refractivity contribution is 0.0139. The standard InChI is InChI=1S/C21H33N3O2/c1-17-7-8-18(19(15-17)23-9-5-6-10-23)16-22-11-13-24(14-12-22)20(25)26-21(2,3)4/h7-8,15H,5-6,9-14,16H2,1-4H3. The molecule has 0 aromatic heterocycles. The summed E-state index contributed by atoms with van der Waals surface area (Å²) in [6.45, 7) is 14.5. The first-order valence-corrected chi connectivity index (χ1v) is 9.86. The number of ether oxygens (including phenoxy) is 1. The number of benzene rings is 1. The average Bonchev–Trinajstić information content (AvgIpc) is 3.10. The van der Waals surface area contributed by atoms with Crippen molar-refractivity contribution in [1.29, 1.82) is 0 Å². The zero-order valence-electron chi connectivity index (χ0n) is 16.8. The second-order valence-electron chi connectivity index (χ2n) is 8.57. The van der Waals surface area contributed by atoms with E-state index in [9.17, 15) is 4.79 Å². The van der Waals surface area contributed by atoms with Gasteiger partial charge in [0, 0.05) is 51.5 Å². The van der Waals surface area contributed by atoms with E-state index in [1.54, 1.807) is 0 Å². The third-order valence-corrected chi connectivity index (χ3v) is 5.11. The molecule has 0 saturated carbocycles. The molecule has 5 heteroatoms. The Morgan fingerprint density at radius 3 is 2.31 bits per heavy atom. The van der Waals surface area contributed by atoms with Crippen molar-refractivity contribution in [2.75, 3.05) is 44.2 Å². The minimum Gasteiger partial charge on any atom is -0.444 e. The molecule has 2 saturated heterocycles. The van der Waals surface area contributed by atoms with Crippen molar-refractivity contribution in [3.05, 3.63) is 29.3 Å². The molecule has 0 spiro atoms. The minimum absolute atomic E-state index is 0.190. The molecule has 2 heterocycles. The van der Waals surface area contributed by atoms with Gasteiger partial charge >= 0.3 is 6.09 Å². The highest BCUT2D eigenvalue weighted by Gasteiger charge is 2.26.